The van der Waals surface area contributed by atoms with Crippen molar-refractivity contribution in [1.82, 2.24) is 0 Å². The molecule has 0 aliphatic carbocycles. The zero-order valence-corrected chi connectivity index (χ0v) is 18.0. The van der Waals surface area contributed by atoms with Crippen molar-refractivity contribution in [3.05, 3.63) is 88.0 Å². The van der Waals surface area contributed by atoms with Crippen LogP contribution in [-0.2, 0) is 16.0 Å². The van der Waals surface area contributed by atoms with E-state index in [-0.39, 0.29) is 18.4 Å². The molecule has 148 valence electrons. The van der Waals surface area contributed by atoms with Crippen molar-refractivity contribution in [3.63, 3.8) is 0 Å². The zero-order valence-electron chi connectivity index (χ0n) is 15.8. The molecule has 3 aromatic carbocycles. The lowest BCUT2D eigenvalue weighted by Gasteiger charge is -2.10. The third-order valence-electron chi connectivity index (χ3n) is 4.21. The van der Waals surface area contributed by atoms with Crippen LogP contribution >= 0.6 is 22.6 Å². The summed E-state index contributed by atoms with van der Waals surface area (Å²) in [6.07, 6.45) is 1.11. The Morgan fingerprint density at radius 3 is 2.17 bits per heavy atom. The fourth-order valence-electron chi connectivity index (χ4n) is 2.75. The van der Waals surface area contributed by atoms with Crippen LogP contribution in [0.3, 0.4) is 0 Å². The van der Waals surface area contributed by atoms with E-state index in [4.69, 9.17) is 0 Å². The van der Waals surface area contributed by atoms with Crippen LogP contribution in [0.15, 0.2) is 78.9 Å². The Bertz CT molecular complexity index is 959. The maximum absolute atomic E-state index is 12.2. The van der Waals surface area contributed by atoms with Gasteiger partial charge in [-0.2, -0.15) is 0 Å². The first-order valence-corrected chi connectivity index (χ1v) is 10.4. The quantitative estimate of drug-likeness (QED) is 0.386. The third-order valence-corrected chi connectivity index (χ3v) is 4.93. The number of hydrogen-bond acceptors (Lipinski definition) is 3. The van der Waals surface area contributed by atoms with Crippen molar-refractivity contribution in [2.24, 2.45) is 0 Å². The molecule has 0 aliphatic heterocycles. The van der Waals surface area contributed by atoms with Crippen LogP contribution in [-0.4, -0.2) is 18.4 Å². The highest BCUT2D eigenvalue weighted by Gasteiger charge is 2.06. The molecule has 0 saturated heterocycles. The number of benzene rings is 3. The van der Waals surface area contributed by atoms with Crippen molar-refractivity contribution in [1.29, 1.82) is 0 Å². The number of carbonyl (C=O) groups excluding carboxylic acids is 2. The molecule has 3 N–H and O–H groups in total. The zero-order chi connectivity index (χ0) is 20.5. The van der Waals surface area contributed by atoms with Crippen LogP contribution in [0.2, 0.25) is 0 Å². The van der Waals surface area contributed by atoms with Crippen molar-refractivity contribution >= 4 is 51.5 Å². The normalized spacial score (nSPS) is 10.2. The number of anilines is 3. The van der Waals surface area contributed by atoms with E-state index in [1.54, 1.807) is 0 Å². The number of carbonyl (C=O) groups is 2. The van der Waals surface area contributed by atoms with Crippen LogP contribution in [0.4, 0.5) is 17.1 Å². The highest BCUT2D eigenvalue weighted by Crippen LogP contribution is 2.16. The largest absolute Gasteiger partial charge is 0.376 e. The van der Waals surface area contributed by atoms with Crippen molar-refractivity contribution in [2.45, 2.75) is 12.8 Å². The van der Waals surface area contributed by atoms with E-state index < -0.39 is 0 Å². The Balaban J connectivity index is 1.46. The predicted octanol–water partition coefficient (Wildman–Crippen LogP) is 4.91. The molecule has 0 aliphatic rings. The molecule has 0 radical (unpaired) electrons. The van der Waals surface area contributed by atoms with Gasteiger partial charge in [-0.1, -0.05) is 36.4 Å². The molecular weight excluding hydrogens is 477 g/mol. The summed E-state index contributed by atoms with van der Waals surface area (Å²) in [6.45, 7) is 0.136. The van der Waals surface area contributed by atoms with E-state index in [0.29, 0.717) is 18.5 Å². The van der Waals surface area contributed by atoms with Gasteiger partial charge >= 0.3 is 0 Å². The number of amides is 2. The monoisotopic (exact) mass is 499 g/mol. The summed E-state index contributed by atoms with van der Waals surface area (Å²) >= 11 is 2.22. The molecule has 5 nitrogen and oxygen atoms in total. The Kier molecular flexibility index (Phi) is 7.63. The van der Waals surface area contributed by atoms with Gasteiger partial charge in [-0.05, 0) is 77.0 Å². The van der Waals surface area contributed by atoms with Gasteiger partial charge in [-0.3, -0.25) is 9.59 Å². The molecule has 0 heterocycles. The summed E-state index contributed by atoms with van der Waals surface area (Å²) in [5.41, 5.74) is 3.36. The van der Waals surface area contributed by atoms with Crippen molar-refractivity contribution in [3.8, 4) is 0 Å². The molecule has 0 atom stereocenters. The first-order valence-electron chi connectivity index (χ1n) is 9.31. The molecule has 0 fully saturated rings. The van der Waals surface area contributed by atoms with Crippen LogP contribution < -0.4 is 16.0 Å². The molecule has 0 spiro atoms. The summed E-state index contributed by atoms with van der Waals surface area (Å²) in [5, 5.41) is 8.83. The molecule has 29 heavy (non-hydrogen) atoms. The van der Waals surface area contributed by atoms with E-state index in [2.05, 4.69) is 38.5 Å². The first kappa shape index (κ1) is 20.9. The van der Waals surface area contributed by atoms with Gasteiger partial charge in [0.05, 0.1) is 6.54 Å². The second-order valence-corrected chi connectivity index (χ2v) is 7.77. The highest BCUT2D eigenvalue weighted by molar-refractivity contribution is 14.1. The molecule has 6 heteroatoms. The summed E-state index contributed by atoms with van der Waals surface area (Å²) < 4.78 is 1.11. The predicted molar refractivity (Wildman–Crippen MR) is 126 cm³/mol. The SMILES string of the molecule is O=C(CCc1ccccc1)Nc1cccc(NCC(=O)Nc2ccc(I)cc2)c1. The minimum absolute atomic E-state index is 0.0394. The minimum Gasteiger partial charge on any atom is -0.376 e. The summed E-state index contributed by atoms with van der Waals surface area (Å²) in [4.78, 5) is 24.3. The smallest absolute Gasteiger partial charge is 0.243 e. The average molecular weight is 499 g/mol. The van der Waals surface area contributed by atoms with Crippen LogP contribution in [0, 0.1) is 3.57 Å². The number of halogens is 1. The maximum atomic E-state index is 12.2. The van der Waals surface area contributed by atoms with E-state index in [1.165, 1.54) is 0 Å². The molecule has 0 bridgehead atoms. The number of hydrogen-bond donors (Lipinski definition) is 3. The number of aryl methyl sites for hydroxylation is 1. The maximum Gasteiger partial charge on any atom is 0.243 e. The fraction of sp³-hybridized carbons (Fsp3) is 0.130. The van der Waals surface area contributed by atoms with E-state index in [9.17, 15) is 9.59 Å². The molecule has 2 amide bonds. The van der Waals surface area contributed by atoms with E-state index >= 15 is 0 Å². The van der Waals surface area contributed by atoms with Crippen molar-refractivity contribution in [2.75, 3.05) is 22.5 Å². The molecule has 3 rings (SSSR count). The Morgan fingerprint density at radius 2 is 1.41 bits per heavy atom. The number of nitrogens with one attached hydrogen (secondary N) is 3. The average Bonchev–Trinajstić information content (AvgIpc) is 2.73. The van der Waals surface area contributed by atoms with Gasteiger partial charge in [-0.15, -0.1) is 0 Å². The fourth-order valence-corrected chi connectivity index (χ4v) is 3.11. The second-order valence-electron chi connectivity index (χ2n) is 6.52. The number of rotatable bonds is 8. The Labute approximate surface area is 184 Å². The van der Waals surface area contributed by atoms with Crippen LogP contribution in [0.25, 0.3) is 0 Å². The van der Waals surface area contributed by atoms with Gasteiger partial charge < -0.3 is 16.0 Å². The summed E-state index contributed by atoms with van der Waals surface area (Å²) in [6, 6.07) is 24.9. The van der Waals surface area contributed by atoms with Crippen LogP contribution in [0.5, 0.6) is 0 Å². The molecule has 0 saturated carbocycles. The molecule has 0 unspecified atom stereocenters. The second kappa shape index (κ2) is 10.6. The Hall–Kier alpha value is -2.87. The Morgan fingerprint density at radius 1 is 0.724 bits per heavy atom. The van der Waals surface area contributed by atoms with E-state index in [1.807, 2.05) is 78.9 Å². The lowest BCUT2D eigenvalue weighted by atomic mass is 10.1. The lowest BCUT2D eigenvalue weighted by molar-refractivity contribution is -0.116. The van der Waals surface area contributed by atoms with Gasteiger partial charge in [0.15, 0.2) is 0 Å². The van der Waals surface area contributed by atoms with Crippen molar-refractivity contribution < 1.29 is 9.59 Å². The topological polar surface area (TPSA) is 70.2 Å². The standard InChI is InChI=1S/C23H22IN3O2/c24-18-10-12-19(13-11-18)26-23(29)16-25-20-7-4-8-21(15-20)27-22(28)14-9-17-5-2-1-3-6-17/h1-8,10-13,15,25H,9,14,16H2,(H,26,29)(H,27,28). The molecule has 0 aromatic heterocycles. The first-order chi connectivity index (χ1) is 14.1. The summed E-state index contributed by atoms with van der Waals surface area (Å²) in [7, 11) is 0. The molecular formula is C23H22IN3O2. The van der Waals surface area contributed by atoms with Gasteiger partial charge in [0, 0.05) is 27.1 Å². The minimum atomic E-state index is -0.136. The van der Waals surface area contributed by atoms with E-state index in [0.717, 1.165) is 20.5 Å². The highest BCUT2D eigenvalue weighted by atomic mass is 127. The molecule has 3 aromatic rings. The van der Waals surface area contributed by atoms with Gasteiger partial charge in [0.25, 0.3) is 0 Å². The van der Waals surface area contributed by atoms with Gasteiger partial charge in [0.1, 0.15) is 0 Å². The van der Waals surface area contributed by atoms with Gasteiger partial charge in [0.2, 0.25) is 11.8 Å². The van der Waals surface area contributed by atoms with Gasteiger partial charge in [-0.25, -0.2) is 0 Å². The lowest BCUT2D eigenvalue weighted by Crippen LogP contribution is -2.21. The summed E-state index contributed by atoms with van der Waals surface area (Å²) in [5.74, 6) is -0.175. The third kappa shape index (κ3) is 7.23. The van der Waals surface area contributed by atoms with Crippen LogP contribution in [0.1, 0.15) is 12.0 Å².